The molecule has 1 aliphatic heterocycles. The summed E-state index contributed by atoms with van der Waals surface area (Å²) in [4.78, 5) is 16.9. The van der Waals surface area contributed by atoms with Gasteiger partial charge in [0.1, 0.15) is 0 Å². The number of primary amides is 1. The molecule has 1 heterocycles. The van der Waals surface area contributed by atoms with E-state index in [2.05, 4.69) is 18.8 Å². The Morgan fingerprint density at radius 3 is 2.29 bits per heavy atom. The first kappa shape index (κ1) is 11.0. The molecule has 0 atom stereocenters. The van der Waals surface area contributed by atoms with Crippen LogP contribution in [0.1, 0.15) is 26.7 Å². The van der Waals surface area contributed by atoms with Gasteiger partial charge in [-0.2, -0.15) is 0 Å². The molecule has 1 fully saturated rings. The average molecular weight is 197 g/mol. The number of nitrogens with zero attached hydrogens (tertiary/aromatic N) is 2. The Morgan fingerprint density at radius 1 is 1.43 bits per heavy atom. The van der Waals surface area contributed by atoms with Crippen LogP contribution < -0.4 is 5.73 Å². The zero-order valence-electron chi connectivity index (χ0n) is 9.21. The molecule has 1 saturated heterocycles. The molecule has 0 aromatic rings. The van der Waals surface area contributed by atoms with E-state index in [-0.39, 0.29) is 11.4 Å². The maximum absolute atomic E-state index is 10.9. The molecule has 0 bridgehead atoms. The van der Waals surface area contributed by atoms with E-state index in [1.54, 1.807) is 4.90 Å². The number of aliphatic imine (C=N–C) groups is 1. The molecule has 2 N–H and O–H groups in total. The molecule has 4 nitrogen and oxygen atoms in total. The lowest BCUT2D eigenvalue weighted by atomic mass is 9.77. The van der Waals surface area contributed by atoms with Gasteiger partial charge in [0.25, 0.3) is 0 Å². The van der Waals surface area contributed by atoms with Crippen molar-refractivity contribution in [2.24, 2.45) is 16.1 Å². The maximum atomic E-state index is 10.9. The molecule has 80 valence electrons. The van der Waals surface area contributed by atoms with Gasteiger partial charge in [0, 0.05) is 31.3 Å². The highest BCUT2D eigenvalue weighted by molar-refractivity contribution is 5.87. The quantitative estimate of drug-likeness (QED) is 0.632. The fourth-order valence-corrected chi connectivity index (χ4v) is 1.85. The number of likely N-dealkylation sites (tertiary alicyclic amines) is 1. The van der Waals surface area contributed by atoms with E-state index in [1.807, 2.05) is 7.05 Å². The predicted molar refractivity (Wildman–Crippen MR) is 57.5 cm³/mol. The lowest BCUT2D eigenvalue weighted by Gasteiger charge is -2.38. The summed E-state index contributed by atoms with van der Waals surface area (Å²) in [6.45, 7) is 5.75. The van der Waals surface area contributed by atoms with Crippen molar-refractivity contribution in [1.82, 2.24) is 4.90 Å². The van der Waals surface area contributed by atoms with Crippen molar-refractivity contribution in [3.63, 3.8) is 0 Å². The maximum Gasteiger partial charge on any atom is 0.314 e. The van der Waals surface area contributed by atoms with Crippen LogP contribution >= 0.6 is 0 Å². The first-order valence-corrected chi connectivity index (χ1v) is 4.98. The van der Waals surface area contributed by atoms with E-state index in [0.717, 1.165) is 25.9 Å². The minimum absolute atomic E-state index is 0.153. The zero-order valence-corrected chi connectivity index (χ0v) is 9.21. The van der Waals surface area contributed by atoms with E-state index < -0.39 is 0 Å². The van der Waals surface area contributed by atoms with Gasteiger partial charge in [-0.3, -0.25) is 4.99 Å². The summed E-state index contributed by atoms with van der Waals surface area (Å²) in [5.74, 6) is 0. The second kappa shape index (κ2) is 3.98. The van der Waals surface area contributed by atoms with Gasteiger partial charge in [-0.1, -0.05) is 6.92 Å². The molecule has 0 spiro atoms. The van der Waals surface area contributed by atoms with E-state index in [1.165, 1.54) is 5.71 Å². The Kier molecular flexibility index (Phi) is 3.13. The molecule has 0 saturated carbocycles. The van der Waals surface area contributed by atoms with E-state index in [9.17, 15) is 4.79 Å². The monoisotopic (exact) mass is 197 g/mol. The van der Waals surface area contributed by atoms with Crippen LogP contribution in [0.15, 0.2) is 4.99 Å². The molecule has 1 aliphatic rings. The Balaban J connectivity index is 2.62. The molecule has 4 heteroatoms. The number of hydrogen-bond donors (Lipinski definition) is 1. The fraction of sp³-hybridized carbons (Fsp3) is 0.800. The first-order valence-electron chi connectivity index (χ1n) is 4.98. The summed E-state index contributed by atoms with van der Waals surface area (Å²) in [7, 11) is 1.82. The third-order valence-corrected chi connectivity index (χ3v) is 3.39. The Morgan fingerprint density at radius 2 is 1.93 bits per heavy atom. The molecular formula is C10H19N3O. The number of urea groups is 1. The lowest BCUT2D eigenvalue weighted by Crippen LogP contribution is -2.46. The molecular weight excluding hydrogens is 178 g/mol. The smallest absolute Gasteiger partial charge is 0.314 e. The van der Waals surface area contributed by atoms with E-state index in [4.69, 9.17) is 5.73 Å². The van der Waals surface area contributed by atoms with E-state index >= 15 is 0 Å². The van der Waals surface area contributed by atoms with Crippen LogP contribution in [0.5, 0.6) is 0 Å². The third-order valence-electron chi connectivity index (χ3n) is 3.39. The van der Waals surface area contributed by atoms with Crippen LogP contribution in [0.2, 0.25) is 0 Å². The van der Waals surface area contributed by atoms with Crippen LogP contribution in [0.25, 0.3) is 0 Å². The summed E-state index contributed by atoms with van der Waals surface area (Å²) < 4.78 is 0. The van der Waals surface area contributed by atoms with Crippen molar-refractivity contribution in [1.29, 1.82) is 0 Å². The van der Waals surface area contributed by atoms with Gasteiger partial charge in [-0.15, -0.1) is 0 Å². The summed E-state index contributed by atoms with van der Waals surface area (Å²) in [5, 5.41) is 0. The summed E-state index contributed by atoms with van der Waals surface area (Å²) in [5.41, 5.74) is 6.54. The van der Waals surface area contributed by atoms with Crippen molar-refractivity contribution in [3.8, 4) is 0 Å². The molecule has 0 aromatic carbocycles. The largest absolute Gasteiger partial charge is 0.351 e. The normalized spacial score (nSPS) is 22.2. The Labute approximate surface area is 85.2 Å². The van der Waals surface area contributed by atoms with Crippen molar-refractivity contribution in [2.45, 2.75) is 26.7 Å². The summed E-state index contributed by atoms with van der Waals surface area (Å²) >= 11 is 0. The van der Waals surface area contributed by atoms with Crippen LogP contribution in [-0.2, 0) is 0 Å². The number of piperidine rings is 1. The van der Waals surface area contributed by atoms with Crippen molar-refractivity contribution < 1.29 is 4.79 Å². The highest BCUT2D eigenvalue weighted by Gasteiger charge is 2.33. The van der Waals surface area contributed by atoms with Gasteiger partial charge in [-0.05, 0) is 19.8 Å². The minimum atomic E-state index is -0.307. The predicted octanol–water partition coefficient (Wildman–Crippen LogP) is 1.26. The highest BCUT2D eigenvalue weighted by Crippen LogP contribution is 2.32. The number of hydrogen-bond acceptors (Lipinski definition) is 2. The molecule has 0 aromatic heterocycles. The van der Waals surface area contributed by atoms with Gasteiger partial charge in [0.2, 0.25) is 0 Å². The second-order valence-corrected chi connectivity index (χ2v) is 4.19. The molecule has 14 heavy (non-hydrogen) atoms. The first-order chi connectivity index (χ1) is 6.49. The van der Waals surface area contributed by atoms with Gasteiger partial charge in [0.05, 0.1) is 0 Å². The van der Waals surface area contributed by atoms with Gasteiger partial charge in [0.15, 0.2) is 0 Å². The van der Waals surface area contributed by atoms with Crippen LogP contribution in [0.3, 0.4) is 0 Å². The standard InChI is InChI=1S/C10H19N3O/c1-8(12-3)10(2)4-6-13(7-5-10)9(11)14/h4-7H2,1-3H3,(H2,11,14)/b12-8+. The van der Waals surface area contributed by atoms with Gasteiger partial charge in [-0.25, -0.2) is 4.79 Å². The number of nitrogens with two attached hydrogens (primary N) is 1. The fourth-order valence-electron chi connectivity index (χ4n) is 1.85. The van der Waals surface area contributed by atoms with Crippen LogP contribution in [-0.4, -0.2) is 36.8 Å². The van der Waals surface area contributed by atoms with Crippen molar-refractivity contribution >= 4 is 11.7 Å². The van der Waals surface area contributed by atoms with Gasteiger partial charge < -0.3 is 10.6 Å². The number of amides is 2. The molecule has 0 radical (unpaired) electrons. The number of carbonyl (C=O) groups excluding carboxylic acids is 1. The second-order valence-electron chi connectivity index (χ2n) is 4.19. The molecule has 2 amide bonds. The molecule has 1 rings (SSSR count). The lowest BCUT2D eigenvalue weighted by molar-refractivity contribution is 0.167. The SMILES string of the molecule is C/N=C(\C)C1(C)CCN(C(N)=O)CC1. The number of carbonyl (C=O) groups is 1. The summed E-state index contributed by atoms with van der Waals surface area (Å²) in [6, 6.07) is -0.307. The third kappa shape index (κ3) is 2.05. The minimum Gasteiger partial charge on any atom is -0.351 e. The van der Waals surface area contributed by atoms with Crippen molar-refractivity contribution in [2.75, 3.05) is 20.1 Å². The van der Waals surface area contributed by atoms with Crippen molar-refractivity contribution in [3.05, 3.63) is 0 Å². The zero-order chi connectivity index (χ0) is 10.8. The topological polar surface area (TPSA) is 58.7 Å². The molecule has 0 unspecified atom stereocenters. The summed E-state index contributed by atoms with van der Waals surface area (Å²) in [6.07, 6.45) is 1.91. The Hall–Kier alpha value is -1.06. The average Bonchev–Trinajstić information content (AvgIpc) is 2.17. The molecule has 0 aliphatic carbocycles. The van der Waals surface area contributed by atoms with Crippen LogP contribution in [0, 0.1) is 5.41 Å². The van der Waals surface area contributed by atoms with E-state index in [0.29, 0.717) is 0 Å². The number of rotatable bonds is 1. The van der Waals surface area contributed by atoms with Gasteiger partial charge >= 0.3 is 6.03 Å². The van der Waals surface area contributed by atoms with Crippen LogP contribution in [0.4, 0.5) is 4.79 Å². The highest BCUT2D eigenvalue weighted by atomic mass is 16.2. The Bertz CT molecular complexity index is 252.